The monoisotopic (exact) mass is 241 g/mol. The minimum Gasteiger partial charge on any atom is -0.470 e. The number of ether oxygens (including phenoxy) is 1. The lowest BCUT2D eigenvalue weighted by Crippen LogP contribution is -2.12. The van der Waals surface area contributed by atoms with Gasteiger partial charge < -0.3 is 4.74 Å². The lowest BCUT2D eigenvalue weighted by Gasteiger charge is -2.24. The second-order valence-corrected chi connectivity index (χ2v) is 4.29. The smallest absolute Gasteiger partial charge is 0.210 e. The molecular weight excluding hydrogens is 234 g/mol. The van der Waals surface area contributed by atoms with E-state index in [0.29, 0.717) is 5.02 Å². The third-order valence-corrected chi connectivity index (χ3v) is 3.07. The van der Waals surface area contributed by atoms with Crippen molar-refractivity contribution in [1.29, 1.82) is 5.26 Å². The highest BCUT2D eigenvalue weighted by Crippen LogP contribution is 2.42. The summed E-state index contributed by atoms with van der Waals surface area (Å²) in [5, 5.41) is 9.75. The molecule has 0 amide bonds. The number of nitriles is 1. The Hall–Kier alpha value is -1.98. The molecule has 0 saturated heterocycles. The molecule has 2 aromatic rings. The van der Waals surface area contributed by atoms with Crippen molar-refractivity contribution in [2.45, 2.75) is 6.10 Å². The molecule has 2 nitrogen and oxygen atoms in total. The van der Waals surface area contributed by atoms with Gasteiger partial charge in [0.05, 0.1) is 0 Å². The van der Waals surface area contributed by atoms with Crippen LogP contribution in [-0.2, 0) is 0 Å². The van der Waals surface area contributed by atoms with Crippen LogP contribution in [0.3, 0.4) is 0 Å². The Labute approximate surface area is 104 Å². The Bertz CT molecular complexity index is 630. The fourth-order valence-electron chi connectivity index (χ4n) is 2.07. The molecule has 1 aliphatic heterocycles. The number of nitrogens with zero attached hydrogens (tertiary/aromatic N) is 1. The molecule has 0 spiro atoms. The van der Waals surface area contributed by atoms with E-state index in [1.165, 1.54) is 0 Å². The minimum atomic E-state index is -0.585. The van der Waals surface area contributed by atoms with Gasteiger partial charge >= 0.3 is 0 Å². The third-order valence-electron chi connectivity index (χ3n) is 2.84. The second-order valence-electron chi connectivity index (χ2n) is 3.85. The topological polar surface area (TPSA) is 33.0 Å². The van der Waals surface area contributed by atoms with Gasteiger partial charge in [0.1, 0.15) is 11.8 Å². The van der Waals surface area contributed by atoms with Crippen LogP contribution in [0.25, 0.3) is 11.1 Å². The van der Waals surface area contributed by atoms with Crippen LogP contribution in [-0.4, -0.2) is 0 Å². The Morgan fingerprint density at radius 1 is 1.12 bits per heavy atom. The summed E-state index contributed by atoms with van der Waals surface area (Å²) in [6.07, 6.45) is -0.585. The predicted molar refractivity (Wildman–Crippen MR) is 65.9 cm³/mol. The highest BCUT2D eigenvalue weighted by atomic mass is 35.5. The maximum absolute atomic E-state index is 9.14. The number of para-hydroxylation sites is 1. The fraction of sp³-hybridized carbons (Fsp3) is 0.0714. The van der Waals surface area contributed by atoms with E-state index in [0.717, 1.165) is 22.4 Å². The van der Waals surface area contributed by atoms with E-state index in [-0.39, 0.29) is 0 Å². The van der Waals surface area contributed by atoms with Crippen molar-refractivity contribution >= 4 is 11.6 Å². The van der Waals surface area contributed by atoms with Crippen molar-refractivity contribution in [3.8, 4) is 22.9 Å². The second kappa shape index (κ2) is 3.80. The van der Waals surface area contributed by atoms with Gasteiger partial charge in [-0.1, -0.05) is 35.9 Å². The molecule has 17 heavy (non-hydrogen) atoms. The predicted octanol–water partition coefficient (Wildman–Crippen LogP) is 3.96. The largest absolute Gasteiger partial charge is 0.470 e. The van der Waals surface area contributed by atoms with E-state index >= 15 is 0 Å². The molecule has 1 unspecified atom stereocenters. The summed E-state index contributed by atoms with van der Waals surface area (Å²) in [7, 11) is 0. The van der Waals surface area contributed by atoms with E-state index in [9.17, 15) is 0 Å². The SMILES string of the molecule is N#CC1Oc2ccccc2-c2ccc(Cl)cc21. The molecule has 3 rings (SSSR count). The molecule has 0 radical (unpaired) electrons. The minimum absolute atomic E-state index is 0.585. The molecule has 0 fully saturated rings. The van der Waals surface area contributed by atoms with Crippen LogP contribution in [0.5, 0.6) is 5.75 Å². The van der Waals surface area contributed by atoms with Gasteiger partial charge in [-0.05, 0) is 23.8 Å². The summed E-state index contributed by atoms with van der Waals surface area (Å²) in [6.45, 7) is 0. The zero-order valence-corrected chi connectivity index (χ0v) is 9.61. The number of halogens is 1. The van der Waals surface area contributed by atoms with Crippen LogP contribution in [0.1, 0.15) is 11.7 Å². The summed E-state index contributed by atoms with van der Waals surface area (Å²) >= 11 is 5.96. The van der Waals surface area contributed by atoms with Crippen molar-refractivity contribution in [1.82, 2.24) is 0 Å². The van der Waals surface area contributed by atoms with Crippen molar-refractivity contribution < 1.29 is 4.74 Å². The van der Waals surface area contributed by atoms with E-state index in [4.69, 9.17) is 21.6 Å². The van der Waals surface area contributed by atoms with Crippen molar-refractivity contribution in [3.63, 3.8) is 0 Å². The van der Waals surface area contributed by atoms with E-state index < -0.39 is 6.10 Å². The first kappa shape index (κ1) is 10.2. The zero-order valence-electron chi connectivity index (χ0n) is 8.85. The summed E-state index contributed by atoms with van der Waals surface area (Å²) < 4.78 is 5.64. The van der Waals surface area contributed by atoms with Crippen LogP contribution in [0, 0.1) is 11.3 Å². The fourth-order valence-corrected chi connectivity index (χ4v) is 2.25. The number of hydrogen-bond donors (Lipinski definition) is 0. The third kappa shape index (κ3) is 1.56. The normalized spacial score (nSPS) is 16.4. The van der Waals surface area contributed by atoms with Crippen LogP contribution < -0.4 is 4.74 Å². The van der Waals surface area contributed by atoms with Crippen LogP contribution >= 0.6 is 11.6 Å². The molecule has 0 bridgehead atoms. The highest BCUT2D eigenvalue weighted by Gasteiger charge is 2.25. The zero-order chi connectivity index (χ0) is 11.8. The summed E-state index contributed by atoms with van der Waals surface area (Å²) in [6, 6.07) is 15.4. The molecule has 3 heteroatoms. The molecule has 1 aliphatic rings. The van der Waals surface area contributed by atoms with E-state index in [2.05, 4.69) is 6.07 Å². The Balaban J connectivity index is 2.29. The molecule has 0 N–H and O–H groups in total. The van der Waals surface area contributed by atoms with Gasteiger partial charge in [0.25, 0.3) is 0 Å². The maximum atomic E-state index is 9.14. The van der Waals surface area contributed by atoms with Crippen molar-refractivity contribution in [2.24, 2.45) is 0 Å². The average Bonchev–Trinajstić information content (AvgIpc) is 2.37. The van der Waals surface area contributed by atoms with Gasteiger partial charge in [-0.2, -0.15) is 5.26 Å². The molecule has 0 aliphatic carbocycles. The molecule has 2 aromatic carbocycles. The Kier molecular flexibility index (Phi) is 2.28. The molecule has 82 valence electrons. The van der Waals surface area contributed by atoms with Crippen molar-refractivity contribution in [2.75, 3.05) is 0 Å². The van der Waals surface area contributed by atoms with Crippen LogP contribution in [0.2, 0.25) is 5.02 Å². The Morgan fingerprint density at radius 3 is 2.76 bits per heavy atom. The van der Waals surface area contributed by atoms with Gasteiger partial charge in [0.2, 0.25) is 6.10 Å². The highest BCUT2D eigenvalue weighted by molar-refractivity contribution is 6.30. The number of hydrogen-bond acceptors (Lipinski definition) is 2. The van der Waals surface area contributed by atoms with Gasteiger partial charge in [-0.15, -0.1) is 0 Å². The molecule has 0 saturated carbocycles. The van der Waals surface area contributed by atoms with Crippen LogP contribution in [0.4, 0.5) is 0 Å². The number of rotatable bonds is 0. The number of benzene rings is 2. The first-order chi connectivity index (χ1) is 8.29. The van der Waals surface area contributed by atoms with Crippen LogP contribution in [0.15, 0.2) is 42.5 Å². The van der Waals surface area contributed by atoms with Crippen molar-refractivity contribution in [3.05, 3.63) is 53.1 Å². The number of fused-ring (bicyclic) bond motifs is 3. The van der Waals surface area contributed by atoms with E-state index in [1.807, 2.05) is 36.4 Å². The Morgan fingerprint density at radius 2 is 1.94 bits per heavy atom. The molecule has 1 atom stereocenters. The first-order valence-electron chi connectivity index (χ1n) is 5.25. The summed E-state index contributed by atoms with van der Waals surface area (Å²) in [4.78, 5) is 0. The standard InChI is InChI=1S/C14H8ClNO/c15-9-5-6-10-11-3-1-2-4-13(11)17-14(8-16)12(10)7-9/h1-7,14H. The molecule has 1 heterocycles. The lowest BCUT2D eigenvalue weighted by molar-refractivity contribution is 0.258. The van der Waals surface area contributed by atoms with Gasteiger partial charge in [0.15, 0.2) is 0 Å². The summed E-state index contributed by atoms with van der Waals surface area (Å²) in [5.41, 5.74) is 2.85. The quantitative estimate of drug-likeness (QED) is 0.699. The van der Waals surface area contributed by atoms with Gasteiger partial charge in [-0.25, -0.2) is 0 Å². The maximum Gasteiger partial charge on any atom is 0.210 e. The molecular formula is C14H8ClNO. The average molecular weight is 242 g/mol. The van der Waals surface area contributed by atoms with E-state index in [1.54, 1.807) is 6.07 Å². The first-order valence-corrected chi connectivity index (χ1v) is 5.62. The van der Waals surface area contributed by atoms with Gasteiger partial charge in [0, 0.05) is 16.1 Å². The molecule has 0 aromatic heterocycles. The lowest BCUT2D eigenvalue weighted by atomic mass is 9.93. The van der Waals surface area contributed by atoms with Gasteiger partial charge in [-0.3, -0.25) is 0 Å². The summed E-state index contributed by atoms with van der Waals surface area (Å²) in [5.74, 6) is 0.744.